The molecule has 0 amide bonds. The van der Waals surface area contributed by atoms with E-state index >= 15 is 0 Å². The summed E-state index contributed by atoms with van der Waals surface area (Å²) in [5.41, 5.74) is 0.693. The maximum Gasteiger partial charge on any atom is 0.275 e. The summed E-state index contributed by atoms with van der Waals surface area (Å²) in [5.74, 6) is 0.104. The van der Waals surface area contributed by atoms with Gasteiger partial charge in [-0.2, -0.15) is 0 Å². The summed E-state index contributed by atoms with van der Waals surface area (Å²) in [6, 6.07) is 7.70. The smallest absolute Gasteiger partial charge is 0.275 e. The quantitative estimate of drug-likeness (QED) is 0.140. The number of aliphatic hydroxyl groups excluding tert-OH is 1. The number of unbranched alkanes of at least 4 members (excludes halogenated alkanes) is 4. The molecule has 4 N–H and O–H groups in total. The third-order valence-electron chi connectivity index (χ3n) is 12.6. The molecule has 0 saturated heterocycles. The molecule has 1 atom stereocenters. The van der Waals surface area contributed by atoms with Gasteiger partial charge >= 0.3 is 0 Å². The van der Waals surface area contributed by atoms with E-state index in [1.165, 1.54) is 32.1 Å². The van der Waals surface area contributed by atoms with Gasteiger partial charge in [0.05, 0.1) is 39.0 Å². The zero-order valence-electron chi connectivity index (χ0n) is 32.2. The van der Waals surface area contributed by atoms with Gasteiger partial charge in [-0.1, -0.05) is 105 Å². The number of Topliss-reactive ketones (excluding diaryl/α,β-unsaturated/α-hetero) is 1. The molecule has 8 nitrogen and oxygen atoms in total. The molecule has 7 rings (SSSR count). The van der Waals surface area contributed by atoms with Crippen LogP contribution in [0.25, 0.3) is 21.9 Å². The van der Waals surface area contributed by atoms with Gasteiger partial charge in [0.25, 0.3) is 5.56 Å². The maximum absolute atomic E-state index is 14.7. The number of hydrogen-bond donors (Lipinski definition) is 4. The molecule has 0 radical (unpaired) electrons. The number of phenols is 1. The average Bonchev–Trinajstić information content (AvgIpc) is 3.76. The molecule has 2 aromatic carbocycles. The number of allylic oxidation sites excluding steroid dienone is 2. The summed E-state index contributed by atoms with van der Waals surface area (Å²) in [6.07, 6.45) is 18.4. The van der Waals surface area contributed by atoms with Crippen LogP contribution in [-0.2, 0) is 10.2 Å². The zero-order valence-corrected chi connectivity index (χ0v) is 32.2. The van der Waals surface area contributed by atoms with Gasteiger partial charge in [0.1, 0.15) is 17.2 Å². The summed E-state index contributed by atoms with van der Waals surface area (Å²) < 4.78 is 1.86. The molecule has 3 aliphatic carbocycles. The van der Waals surface area contributed by atoms with Gasteiger partial charge in [-0.15, -0.1) is 0 Å². The van der Waals surface area contributed by atoms with Gasteiger partial charge in [-0.3, -0.25) is 19.7 Å². The second-order valence-corrected chi connectivity index (χ2v) is 17.4. The van der Waals surface area contributed by atoms with Crippen LogP contribution in [0.1, 0.15) is 161 Å². The number of nitrogens with zero attached hydrogens (tertiary/aromatic N) is 2. The SMILES string of the molecule is CCCCCC1(CCCCC)N=c2/c(=C3/C(=O)C(c4c(C(C)(C)C)[nH]n(C(C5CCCCC5)C5CCCC5)c4=O)=C3O)c(O)cc3cccc(c23)N1. The lowest BCUT2D eigenvalue weighted by Crippen LogP contribution is -2.46. The van der Waals surface area contributed by atoms with Crippen molar-refractivity contribution in [3.63, 3.8) is 0 Å². The van der Waals surface area contributed by atoms with E-state index in [1.807, 2.05) is 37.6 Å². The number of aromatic amines is 1. The Labute approximate surface area is 308 Å². The van der Waals surface area contributed by atoms with Crippen LogP contribution in [0.5, 0.6) is 5.75 Å². The van der Waals surface area contributed by atoms with Crippen molar-refractivity contribution >= 4 is 33.4 Å². The van der Waals surface area contributed by atoms with Crippen molar-refractivity contribution in [2.75, 3.05) is 5.32 Å². The predicted molar refractivity (Wildman–Crippen MR) is 210 cm³/mol. The lowest BCUT2D eigenvalue weighted by atomic mass is 9.77. The highest BCUT2D eigenvalue weighted by atomic mass is 16.3. The molecule has 2 fully saturated rings. The first kappa shape index (κ1) is 36.5. The molecule has 2 heterocycles. The summed E-state index contributed by atoms with van der Waals surface area (Å²) in [4.78, 5) is 34.8. The maximum atomic E-state index is 14.7. The molecule has 52 heavy (non-hydrogen) atoms. The fourth-order valence-corrected chi connectivity index (χ4v) is 9.96. The van der Waals surface area contributed by atoms with Crippen LogP contribution in [0.3, 0.4) is 0 Å². The molecule has 1 unspecified atom stereocenters. The minimum absolute atomic E-state index is 0.0486. The molecule has 2 saturated carbocycles. The number of benzene rings is 2. The van der Waals surface area contributed by atoms with Crippen LogP contribution in [0.2, 0.25) is 0 Å². The molecule has 0 bridgehead atoms. The second-order valence-electron chi connectivity index (χ2n) is 17.4. The minimum atomic E-state index is -0.591. The normalized spacial score (nSPS) is 21.0. The highest BCUT2D eigenvalue weighted by Crippen LogP contribution is 2.45. The first-order valence-corrected chi connectivity index (χ1v) is 20.5. The van der Waals surface area contributed by atoms with Gasteiger partial charge in [0.2, 0.25) is 5.78 Å². The van der Waals surface area contributed by atoms with Crippen molar-refractivity contribution in [1.29, 1.82) is 0 Å². The number of carbonyl (C=O) groups excluding carboxylic acids is 1. The highest BCUT2D eigenvalue weighted by molar-refractivity contribution is 6.51. The van der Waals surface area contributed by atoms with E-state index in [1.54, 1.807) is 6.07 Å². The number of aromatic nitrogens is 2. The summed E-state index contributed by atoms with van der Waals surface area (Å²) >= 11 is 0. The lowest BCUT2D eigenvalue weighted by Gasteiger charge is -2.36. The summed E-state index contributed by atoms with van der Waals surface area (Å²) in [6.45, 7) is 10.5. The Morgan fingerprint density at radius 2 is 1.50 bits per heavy atom. The second kappa shape index (κ2) is 14.5. The number of aliphatic hydroxyl groups is 1. The third kappa shape index (κ3) is 6.42. The number of hydrogen-bond acceptors (Lipinski definition) is 6. The molecule has 8 heteroatoms. The van der Waals surface area contributed by atoms with E-state index in [2.05, 4.69) is 30.3 Å². The largest absolute Gasteiger partial charge is 0.507 e. The van der Waals surface area contributed by atoms with Crippen LogP contribution >= 0.6 is 0 Å². The van der Waals surface area contributed by atoms with Crippen molar-refractivity contribution in [2.45, 2.75) is 161 Å². The highest BCUT2D eigenvalue weighted by Gasteiger charge is 2.44. The summed E-state index contributed by atoms with van der Waals surface area (Å²) in [5, 5.41) is 33.6. The van der Waals surface area contributed by atoms with Gasteiger partial charge in [-0.25, -0.2) is 4.68 Å². The first-order valence-electron chi connectivity index (χ1n) is 20.5. The van der Waals surface area contributed by atoms with E-state index in [9.17, 15) is 19.8 Å². The Kier molecular flexibility index (Phi) is 10.2. The molecule has 0 spiro atoms. The van der Waals surface area contributed by atoms with Crippen LogP contribution in [0.4, 0.5) is 5.69 Å². The molecule has 3 aromatic rings. The number of phenolic OH excluding ortho intramolecular Hbond substituents is 1. The van der Waals surface area contributed by atoms with Crippen LogP contribution in [0, 0.1) is 11.8 Å². The van der Waals surface area contributed by atoms with Crippen LogP contribution < -0.4 is 21.5 Å². The number of anilines is 1. The number of aromatic hydroxyl groups is 1. The van der Waals surface area contributed by atoms with Gasteiger partial charge < -0.3 is 15.5 Å². The molecule has 1 aromatic heterocycles. The van der Waals surface area contributed by atoms with Crippen LogP contribution in [-0.4, -0.2) is 31.4 Å². The zero-order chi connectivity index (χ0) is 36.8. The fraction of sp³-hybridized carbons (Fsp3) is 0.614. The Morgan fingerprint density at radius 3 is 2.08 bits per heavy atom. The molecule has 4 aliphatic rings. The van der Waals surface area contributed by atoms with Crippen molar-refractivity contribution < 1.29 is 15.0 Å². The van der Waals surface area contributed by atoms with E-state index in [0.717, 1.165) is 93.5 Å². The average molecular weight is 709 g/mol. The van der Waals surface area contributed by atoms with E-state index in [-0.39, 0.29) is 45.0 Å². The third-order valence-corrected chi connectivity index (χ3v) is 12.6. The standard InChI is InChI=1S/C44H60N4O4/c1-6-8-15-24-44(25-16-9-7-2)45-30-23-17-22-29-26-31(49)33(37(46-44)32(29)30)34-39(50)35(40(34)51)36-41(43(3,4)5)47-48(42(36)52)38(28-20-13-14-21-28)27-18-11-10-12-19-27/h17,22-23,26-28,38,45,47,49-50H,6-16,18-21,24-25H2,1-5H3/b34-33+. The van der Waals surface area contributed by atoms with Crippen molar-refractivity contribution in [3.8, 4) is 5.75 Å². The summed E-state index contributed by atoms with van der Waals surface area (Å²) in [7, 11) is 0. The number of ketones is 1. The molecule has 1 aliphatic heterocycles. The van der Waals surface area contributed by atoms with Gasteiger partial charge in [-0.05, 0) is 80.7 Å². The number of rotatable bonds is 12. The van der Waals surface area contributed by atoms with Crippen LogP contribution in [0.15, 0.2) is 39.8 Å². The Balaban J connectivity index is 1.44. The van der Waals surface area contributed by atoms with Crippen molar-refractivity contribution in [2.24, 2.45) is 16.8 Å². The number of carbonyl (C=O) groups is 1. The first-order chi connectivity index (χ1) is 25.0. The topological polar surface area (TPSA) is 120 Å². The molecular weight excluding hydrogens is 649 g/mol. The van der Waals surface area contributed by atoms with E-state index in [0.29, 0.717) is 22.9 Å². The lowest BCUT2D eigenvalue weighted by molar-refractivity contribution is -0.110. The molecular formula is C44H60N4O4. The van der Waals surface area contributed by atoms with E-state index in [4.69, 9.17) is 4.99 Å². The Bertz CT molecular complexity index is 2040. The van der Waals surface area contributed by atoms with Gasteiger partial charge in [0.15, 0.2) is 0 Å². The number of H-pyrrole nitrogens is 1. The van der Waals surface area contributed by atoms with E-state index < -0.39 is 16.9 Å². The number of nitrogens with one attached hydrogen (secondary N) is 2. The van der Waals surface area contributed by atoms with Crippen molar-refractivity contribution in [3.05, 3.63) is 62.2 Å². The molecule has 280 valence electrons. The minimum Gasteiger partial charge on any atom is -0.507 e. The fourth-order valence-electron chi connectivity index (χ4n) is 9.96. The van der Waals surface area contributed by atoms with Gasteiger partial charge in [0, 0.05) is 16.5 Å². The predicted octanol–water partition coefficient (Wildman–Crippen LogP) is 9.25. The Hall–Kier alpha value is -3.81. The monoisotopic (exact) mass is 708 g/mol. The Morgan fingerprint density at radius 1 is 0.885 bits per heavy atom. The van der Waals surface area contributed by atoms with Crippen molar-refractivity contribution in [1.82, 2.24) is 9.78 Å².